The van der Waals surface area contributed by atoms with Crippen LogP contribution in [0.4, 0.5) is 0 Å². The monoisotopic (exact) mass is 216 g/mol. The molecule has 86 valence electrons. The molecule has 1 heteroatoms. The van der Waals surface area contributed by atoms with Gasteiger partial charge in [-0.25, -0.2) is 0 Å². The van der Waals surface area contributed by atoms with Crippen molar-refractivity contribution in [2.75, 3.05) is 0 Å². The molecule has 0 radical (unpaired) electrons. The van der Waals surface area contributed by atoms with Gasteiger partial charge in [0.1, 0.15) is 0 Å². The second-order valence-corrected chi connectivity index (χ2v) is 4.38. The summed E-state index contributed by atoms with van der Waals surface area (Å²) < 4.78 is 0. The van der Waals surface area contributed by atoms with Gasteiger partial charge in [0.2, 0.25) is 0 Å². The fourth-order valence-electron chi connectivity index (χ4n) is 1.61. The molecule has 1 aromatic rings. The highest BCUT2D eigenvalue weighted by Crippen LogP contribution is 2.16. The summed E-state index contributed by atoms with van der Waals surface area (Å²) in [7, 11) is 0. The highest BCUT2D eigenvalue weighted by Gasteiger charge is 2.05. The van der Waals surface area contributed by atoms with Crippen LogP contribution in [0.1, 0.15) is 54.9 Å². The van der Waals surface area contributed by atoms with Crippen molar-refractivity contribution in [3.8, 4) is 0 Å². The van der Waals surface area contributed by atoms with E-state index in [0.29, 0.717) is 12.3 Å². The summed E-state index contributed by atoms with van der Waals surface area (Å²) in [5, 5.41) is 0. The summed E-state index contributed by atoms with van der Waals surface area (Å²) in [6.07, 6.45) is 4.28. The van der Waals surface area contributed by atoms with E-state index in [1.807, 2.05) is 30.3 Å². The van der Waals surface area contributed by atoms with E-state index in [9.17, 15) is 4.79 Å². The predicted octanol–water partition coefficient (Wildman–Crippen LogP) is 4.35. The molecule has 0 N–H and O–H groups in total. The van der Waals surface area contributed by atoms with Gasteiger partial charge in [0.25, 0.3) is 0 Å². The maximum absolute atomic E-state index is 11.8. The number of Topliss-reactive ketones (excluding diaryl/α,β-unsaturated/α-hetero) is 1. The molecule has 0 fully saturated rings. The molecule has 0 bridgehead atoms. The van der Waals surface area contributed by atoms with E-state index in [0.717, 1.165) is 18.4 Å². The van der Waals surface area contributed by atoms with Crippen molar-refractivity contribution in [1.82, 2.24) is 0 Å². The topological polar surface area (TPSA) is 17.1 Å². The minimum absolute atomic E-state index is 0.233. The first-order chi connectivity index (χ1) is 7.65. The van der Waals surface area contributed by atoms with Crippen LogP contribution >= 0.6 is 0 Å². The Balaban J connectivity index is 2.59. The van der Waals surface area contributed by atoms with Gasteiger partial charge < -0.3 is 0 Å². The second-order valence-electron chi connectivity index (χ2n) is 4.38. The van der Waals surface area contributed by atoms with Gasteiger partial charge in [-0.05, 0) is 24.3 Å². The number of unbranched alkanes of at least 4 members (excludes halogenated alkanes) is 1. The van der Waals surface area contributed by atoms with Gasteiger partial charge in [-0.1, -0.05) is 44.2 Å². The summed E-state index contributed by atoms with van der Waals surface area (Å²) in [6.45, 7) is 7.96. The van der Waals surface area contributed by atoms with Crippen molar-refractivity contribution in [2.24, 2.45) is 0 Å². The molecule has 16 heavy (non-hydrogen) atoms. The molecule has 0 aliphatic carbocycles. The zero-order valence-corrected chi connectivity index (χ0v) is 10.2. The largest absolute Gasteiger partial charge is 0.294 e. The zero-order chi connectivity index (χ0) is 12.0. The van der Waals surface area contributed by atoms with Crippen LogP contribution in [0.25, 0.3) is 0 Å². The zero-order valence-electron chi connectivity index (χ0n) is 10.2. The summed E-state index contributed by atoms with van der Waals surface area (Å²) in [5.41, 5.74) is 2.11. The lowest BCUT2D eigenvalue weighted by atomic mass is 9.99. The van der Waals surface area contributed by atoms with Gasteiger partial charge >= 0.3 is 0 Å². The lowest BCUT2D eigenvalue weighted by Crippen LogP contribution is -1.99. The van der Waals surface area contributed by atoms with Crippen LogP contribution in [0.15, 0.2) is 36.9 Å². The van der Waals surface area contributed by atoms with Gasteiger partial charge in [0.15, 0.2) is 5.78 Å². The van der Waals surface area contributed by atoms with E-state index in [4.69, 9.17) is 0 Å². The Bertz CT molecular complexity index is 346. The van der Waals surface area contributed by atoms with E-state index in [1.165, 1.54) is 5.56 Å². The molecule has 0 spiro atoms. The first-order valence-corrected chi connectivity index (χ1v) is 5.89. The molecule has 0 aliphatic heterocycles. The van der Waals surface area contributed by atoms with E-state index in [-0.39, 0.29) is 5.78 Å². The quantitative estimate of drug-likeness (QED) is 0.392. The van der Waals surface area contributed by atoms with Crippen molar-refractivity contribution in [3.05, 3.63) is 48.0 Å². The number of hydrogen-bond donors (Lipinski definition) is 0. The Morgan fingerprint density at radius 2 is 1.94 bits per heavy atom. The molecule has 0 atom stereocenters. The number of hydrogen-bond acceptors (Lipinski definition) is 1. The van der Waals surface area contributed by atoms with E-state index < -0.39 is 0 Å². The third-order valence-corrected chi connectivity index (χ3v) is 2.71. The van der Waals surface area contributed by atoms with Crippen LogP contribution in [-0.2, 0) is 0 Å². The molecule has 0 saturated heterocycles. The molecule has 1 nitrogen and oxygen atoms in total. The Kier molecular flexibility index (Phi) is 4.97. The summed E-state index contributed by atoms with van der Waals surface area (Å²) >= 11 is 0. The maximum Gasteiger partial charge on any atom is 0.162 e. The average molecular weight is 216 g/mol. The van der Waals surface area contributed by atoms with Gasteiger partial charge in [-0.2, -0.15) is 0 Å². The molecule has 0 heterocycles. The highest BCUT2D eigenvalue weighted by atomic mass is 16.1. The normalized spacial score (nSPS) is 10.4. The smallest absolute Gasteiger partial charge is 0.162 e. The number of rotatable bonds is 6. The second kappa shape index (κ2) is 6.26. The lowest BCUT2D eigenvalue weighted by Gasteiger charge is -2.06. The van der Waals surface area contributed by atoms with Crippen LogP contribution in [0, 0.1) is 0 Å². The third kappa shape index (κ3) is 3.65. The fourth-order valence-corrected chi connectivity index (χ4v) is 1.61. The minimum Gasteiger partial charge on any atom is -0.294 e. The Labute approximate surface area is 98.2 Å². The van der Waals surface area contributed by atoms with E-state index in [2.05, 4.69) is 20.4 Å². The highest BCUT2D eigenvalue weighted by molar-refractivity contribution is 5.96. The summed E-state index contributed by atoms with van der Waals surface area (Å²) in [5.74, 6) is 0.752. The number of carbonyl (C=O) groups excluding carboxylic acids is 1. The van der Waals surface area contributed by atoms with Crippen LogP contribution < -0.4 is 0 Å². The van der Waals surface area contributed by atoms with Crippen molar-refractivity contribution in [2.45, 2.75) is 39.0 Å². The maximum atomic E-state index is 11.8. The van der Waals surface area contributed by atoms with E-state index in [1.54, 1.807) is 0 Å². The minimum atomic E-state index is 0.233. The van der Waals surface area contributed by atoms with Crippen LogP contribution in [0.2, 0.25) is 0 Å². The van der Waals surface area contributed by atoms with Gasteiger partial charge in [-0.3, -0.25) is 4.79 Å². The van der Waals surface area contributed by atoms with Crippen molar-refractivity contribution < 1.29 is 4.79 Å². The Hall–Kier alpha value is -1.37. The average Bonchev–Trinajstić information content (AvgIpc) is 2.29. The SMILES string of the molecule is C=CCCCC(=O)c1ccc(C(C)C)cc1. The van der Waals surface area contributed by atoms with Crippen molar-refractivity contribution in [3.63, 3.8) is 0 Å². The number of benzene rings is 1. The first kappa shape index (κ1) is 12.7. The van der Waals surface area contributed by atoms with Crippen LogP contribution in [0.5, 0.6) is 0 Å². The predicted molar refractivity (Wildman–Crippen MR) is 68.9 cm³/mol. The van der Waals surface area contributed by atoms with Crippen LogP contribution in [0.3, 0.4) is 0 Å². The van der Waals surface area contributed by atoms with Crippen LogP contribution in [-0.4, -0.2) is 5.78 Å². The summed E-state index contributed by atoms with van der Waals surface area (Å²) in [4.78, 5) is 11.8. The molecule has 0 aromatic heterocycles. The molecule has 0 aliphatic rings. The lowest BCUT2D eigenvalue weighted by molar-refractivity contribution is 0.0980. The molecule has 1 aromatic carbocycles. The van der Waals surface area contributed by atoms with Gasteiger partial charge in [0, 0.05) is 12.0 Å². The molecule has 0 unspecified atom stereocenters. The Morgan fingerprint density at radius 1 is 1.31 bits per heavy atom. The molecule has 0 saturated carbocycles. The molecular weight excluding hydrogens is 196 g/mol. The first-order valence-electron chi connectivity index (χ1n) is 5.89. The number of allylic oxidation sites excluding steroid dienone is 1. The summed E-state index contributed by atoms with van der Waals surface area (Å²) in [6, 6.07) is 7.97. The number of ketones is 1. The molecule has 0 amide bonds. The van der Waals surface area contributed by atoms with Gasteiger partial charge in [0.05, 0.1) is 0 Å². The van der Waals surface area contributed by atoms with Crippen molar-refractivity contribution >= 4 is 5.78 Å². The van der Waals surface area contributed by atoms with Crippen molar-refractivity contribution in [1.29, 1.82) is 0 Å². The number of carbonyl (C=O) groups is 1. The third-order valence-electron chi connectivity index (χ3n) is 2.71. The fraction of sp³-hybridized carbons (Fsp3) is 0.400. The Morgan fingerprint density at radius 3 is 2.44 bits per heavy atom. The van der Waals surface area contributed by atoms with E-state index >= 15 is 0 Å². The standard InChI is InChI=1S/C15H20O/c1-4-5-6-7-15(16)14-10-8-13(9-11-14)12(2)3/h4,8-12H,1,5-7H2,2-3H3. The molecular formula is C15H20O. The van der Waals surface area contributed by atoms with Gasteiger partial charge in [-0.15, -0.1) is 6.58 Å². The molecule has 1 rings (SSSR count).